The van der Waals surface area contributed by atoms with Gasteiger partial charge in [-0.15, -0.1) is 0 Å². The number of rotatable bonds is 57. The molecule has 0 aromatic heterocycles. The normalized spacial score (nSPS) is 14.6. The largest absolute Gasteiger partial charge is 0.472 e. The molecule has 448 valence electrons. The Bertz CT molecular complexity index is 1680. The molecule has 0 bridgehead atoms. The summed E-state index contributed by atoms with van der Waals surface area (Å²) in [7, 11) is 1.56. The van der Waals surface area contributed by atoms with Gasteiger partial charge < -0.3 is 19.8 Å². The fourth-order valence-corrected chi connectivity index (χ4v) is 9.48. The third-order valence-electron chi connectivity index (χ3n) is 13.7. The van der Waals surface area contributed by atoms with Gasteiger partial charge in [0.15, 0.2) is 0 Å². The molecule has 3 atom stereocenters. The number of aliphatic hydroxyl groups excluding tert-OH is 1. The summed E-state index contributed by atoms with van der Waals surface area (Å²) in [6.45, 7) is 4.70. The van der Waals surface area contributed by atoms with Gasteiger partial charge in [-0.25, -0.2) is 4.57 Å². The number of aliphatic hydroxyl groups is 1. The predicted octanol–water partition coefficient (Wildman–Crippen LogP) is 20.1. The molecular formula is C69H122N2O6P+. The molecule has 0 aliphatic rings. The number of carbonyl (C=O) groups is 1. The smallest absolute Gasteiger partial charge is 0.387 e. The molecule has 0 aliphatic carbocycles. The predicted molar refractivity (Wildman–Crippen MR) is 341 cm³/mol. The van der Waals surface area contributed by atoms with Crippen molar-refractivity contribution in [1.29, 1.82) is 0 Å². The first kappa shape index (κ1) is 74.9. The third kappa shape index (κ3) is 60.5. The van der Waals surface area contributed by atoms with Gasteiger partial charge in [0.2, 0.25) is 5.91 Å². The standard InChI is InChI=1S/C69H121N2O6P/c1-6-8-10-12-14-16-18-20-22-23-24-25-26-27-28-29-30-31-32-33-34-35-36-37-38-39-40-41-42-43-44-45-46-47-49-51-53-55-57-59-61-63-69(73)70-67(66-77-78(74,75)76-65-64-71(3,4)5)68(72)62-60-58-56-54-52-50-48-21-19-17-15-13-11-9-7-2/h8,10,14,16,20,22,24-25,27-28,30-31,33-34,36-37,39-40,60,62,67-68,72H,6-7,9,11-13,15,17-19,21,23,26,29,32,35,38,41-59,61,63-66H2,1-5H3,(H-,70,73,74,75)/p+1/b10-8-,16-14-,22-20-,25-24-,28-27-,31-30-,34-33-,37-36-,40-39-,62-60+. The summed E-state index contributed by atoms with van der Waals surface area (Å²) >= 11 is 0. The lowest BCUT2D eigenvalue weighted by atomic mass is 10.0. The molecule has 0 fully saturated rings. The van der Waals surface area contributed by atoms with E-state index in [2.05, 4.69) is 129 Å². The summed E-state index contributed by atoms with van der Waals surface area (Å²) < 4.78 is 23.7. The number of nitrogens with one attached hydrogen (secondary N) is 1. The first-order valence-electron chi connectivity index (χ1n) is 31.9. The summed E-state index contributed by atoms with van der Waals surface area (Å²) in [6.07, 6.45) is 87.4. The Morgan fingerprint density at radius 2 is 0.769 bits per heavy atom. The highest BCUT2D eigenvalue weighted by atomic mass is 31.2. The van der Waals surface area contributed by atoms with Crippen LogP contribution in [0.3, 0.4) is 0 Å². The first-order chi connectivity index (χ1) is 38.0. The van der Waals surface area contributed by atoms with Crippen LogP contribution in [0, 0.1) is 0 Å². The maximum Gasteiger partial charge on any atom is 0.472 e. The molecule has 0 rings (SSSR count). The molecule has 0 heterocycles. The molecule has 3 unspecified atom stereocenters. The second-order valence-corrected chi connectivity index (χ2v) is 23.9. The molecule has 3 N–H and O–H groups in total. The lowest BCUT2D eigenvalue weighted by molar-refractivity contribution is -0.870. The lowest BCUT2D eigenvalue weighted by Crippen LogP contribution is -2.45. The number of nitrogens with zero attached hydrogens (tertiary/aromatic N) is 1. The molecule has 0 radical (unpaired) electrons. The van der Waals surface area contributed by atoms with Crippen molar-refractivity contribution in [2.75, 3.05) is 40.9 Å². The van der Waals surface area contributed by atoms with E-state index in [0.717, 1.165) is 96.3 Å². The van der Waals surface area contributed by atoms with Crippen molar-refractivity contribution in [3.63, 3.8) is 0 Å². The number of phosphoric ester groups is 1. The quantitative estimate of drug-likeness (QED) is 0.0243. The van der Waals surface area contributed by atoms with Gasteiger partial charge in [0.1, 0.15) is 13.2 Å². The van der Waals surface area contributed by atoms with Crippen LogP contribution in [0.25, 0.3) is 0 Å². The van der Waals surface area contributed by atoms with Crippen molar-refractivity contribution in [3.05, 3.63) is 122 Å². The van der Waals surface area contributed by atoms with Crippen molar-refractivity contribution in [1.82, 2.24) is 5.32 Å². The summed E-state index contributed by atoms with van der Waals surface area (Å²) in [5, 5.41) is 13.9. The maximum atomic E-state index is 13.0. The molecule has 0 saturated heterocycles. The number of hydrogen-bond donors (Lipinski definition) is 3. The van der Waals surface area contributed by atoms with E-state index in [1.54, 1.807) is 6.08 Å². The topological polar surface area (TPSA) is 105 Å². The van der Waals surface area contributed by atoms with E-state index in [9.17, 15) is 19.4 Å². The van der Waals surface area contributed by atoms with Crippen LogP contribution in [-0.2, 0) is 18.4 Å². The van der Waals surface area contributed by atoms with Gasteiger partial charge in [-0.1, -0.05) is 283 Å². The fourth-order valence-electron chi connectivity index (χ4n) is 8.74. The number of hydrogen-bond acceptors (Lipinski definition) is 5. The van der Waals surface area contributed by atoms with E-state index < -0.39 is 20.0 Å². The number of phosphoric acid groups is 1. The molecule has 9 heteroatoms. The Labute approximate surface area is 482 Å². The van der Waals surface area contributed by atoms with Crippen LogP contribution in [0.5, 0.6) is 0 Å². The van der Waals surface area contributed by atoms with Crippen molar-refractivity contribution in [2.45, 2.75) is 270 Å². The fraction of sp³-hybridized carbons (Fsp3) is 0.696. The Morgan fingerprint density at radius 3 is 1.13 bits per heavy atom. The van der Waals surface area contributed by atoms with Gasteiger partial charge in [0, 0.05) is 6.42 Å². The summed E-state index contributed by atoms with van der Waals surface area (Å²) in [4.78, 5) is 23.3. The number of unbranched alkanes of at least 4 members (excludes halogenated alkanes) is 26. The molecule has 1 amide bonds. The van der Waals surface area contributed by atoms with Crippen LogP contribution in [0.4, 0.5) is 0 Å². The monoisotopic (exact) mass is 1110 g/mol. The molecule has 8 nitrogen and oxygen atoms in total. The van der Waals surface area contributed by atoms with E-state index in [4.69, 9.17) is 9.05 Å². The van der Waals surface area contributed by atoms with Crippen molar-refractivity contribution >= 4 is 13.7 Å². The second kappa shape index (κ2) is 58.6. The van der Waals surface area contributed by atoms with Gasteiger partial charge >= 0.3 is 7.82 Å². The van der Waals surface area contributed by atoms with Crippen LogP contribution >= 0.6 is 7.82 Å². The van der Waals surface area contributed by atoms with E-state index in [0.29, 0.717) is 17.4 Å². The second-order valence-electron chi connectivity index (χ2n) is 22.4. The maximum absolute atomic E-state index is 13.0. The number of amides is 1. The number of quaternary nitrogens is 1. The average Bonchev–Trinajstić information content (AvgIpc) is 3.41. The summed E-state index contributed by atoms with van der Waals surface area (Å²) in [5.74, 6) is -0.182. The molecule has 0 aliphatic heterocycles. The minimum atomic E-state index is -4.35. The van der Waals surface area contributed by atoms with Gasteiger partial charge in [-0.3, -0.25) is 13.8 Å². The van der Waals surface area contributed by atoms with E-state index in [-0.39, 0.29) is 19.1 Å². The van der Waals surface area contributed by atoms with E-state index in [1.165, 1.54) is 141 Å². The van der Waals surface area contributed by atoms with E-state index in [1.807, 2.05) is 27.2 Å². The molecule has 0 spiro atoms. The highest BCUT2D eigenvalue weighted by molar-refractivity contribution is 7.47. The van der Waals surface area contributed by atoms with Crippen molar-refractivity contribution in [2.24, 2.45) is 0 Å². The van der Waals surface area contributed by atoms with E-state index >= 15 is 0 Å². The summed E-state index contributed by atoms with van der Waals surface area (Å²) in [5.41, 5.74) is 0. The minimum Gasteiger partial charge on any atom is -0.387 e. The first-order valence-corrected chi connectivity index (χ1v) is 33.4. The average molecular weight is 1110 g/mol. The van der Waals surface area contributed by atoms with Crippen LogP contribution < -0.4 is 5.32 Å². The number of carbonyl (C=O) groups excluding carboxylic acids is 1. The highest BCUT2D eigenvalue weighted by Gasteiger charge is 2.27. The van der Waals surface area contributed by atoms with Crippen LogP contribution in [0.1, 0.15) is 258 Å². The SMILES string of the molecule is CC/C=C\C/C=C\C/C=C\C/C=C\C/C=C\C/C=C\C/C=C\C/C=C\C/C=C\CCCCCCCCCCCCCCCC(=O)NC(COP(=O)(O)OCC[N+](C)(C)C)C(O)/C=C/CCCCCCCCCCCCCCC. The summed E-state index contributed by atoms with van der Waals surface area (Å²) in [6, 6.07) is -0.853. The van der Waals surface area contributed by atoms with Gasteiger partial charge in [0.25, 0.3) is 0 Å². The van der Waals surface area contributed by atoms with Gasteiger partial charge in [-0.2, -0.15) is 0 Å². The third-order valence-corrected chi connectivity index (χ3v) is 14.7. The Morgan fingerprint density at radius 1 is 0.449 bits per heavy atom. The zero-order chi connectivity index (χ0) is 57.0. The van der Waals surface area contributed by atoms with Gasteiger partial charge in [-0.05, 0) is 89.9 Å². The molecular weight excluding hydrogens is 984 g/mol. The molecule has 0 aromatic carbocycles. The molecule has 78 heavy (non-hydrogen) atoms. The molecule has 0 saturated carbocycles. The zero-order valence-corrected chi connectivity index (χ0v) is 52.0. The minimum absolute atomic E-state index is 0.0574. The van der Waals surface area contributed by atoms with Crippen LogP contribution in [-0.4, -0.2) is 73.4 Å². The number of allylic oxidation sites excluding steroid dienone is 19. The Hall–Kier alpha value is -3.10. The highest BCUT2D eigenvalue weighted by Crippen LogP contribution is 2.43. The Balaban J connectivity index is 4.04. The molecule has 0 aromatic rings. The lowest BCUT2D eigenvalue weighted by Gasteiger charge is -2.25. The van der Waals surface area contributed by atoms with Crippen molar-refractivity contribution in [3.8, 4) is 0 Å². The van der Waals surface area contributed by atoms with Crippen molar-refractivity contribution < 1.29 is 32.9 Å². The Kier molecular flexibility index (Phi) is 56.2. The van der Waals surface area contributed by atoms with Crippen LogP contribution in [0.2, 0.25) is 0 Å². The van der Waals surface area contributed by atoms with Crippen LogP contribution in [0.15, 0.2) is 122 Å². The van der Waals surface area contributed by atoms with Gasteiger partial charge in [0.05, 0.1) is 39.9 Å². The zero-order valence-electron chi connectivity index (χ0n) is 51.1. The number of likely N-dealkylation sites (N-methyl/N-ethyl adjacent to an activating group) is 1.